The fourth-order valence-electron chi connectivity index (χ4n) is 1.60. The number of nitro groups is 1. The minimum absolute atomic E-state index is 0.0447. The van der Waals surface area contributed by atoms with Crippen molar-refractivity contribution in [3.05, 3.63) is 67.6 Å². The third kappa shape index (κ3) is 3.45. The van der Waals surface area contributed by atoms with E-state index in [1.54, 1.807) is 12.1 Å². The molecule has 4 nitrogen and oxygen atoms in total. The first-order valence-corrected chi connectivity index (χ1v) is 6.66. The van der Waals surface area contributed by atoms with E-state index in [4.69, 9.17) is 11.6 Å². The zero-order chi connectivity index (χ0) is 13.8. The molecule has 0 spiro atoms. The summed E-state index contributed by atoms with van der Waals surface area (Å²) < 4.78 is 0.446. The number of hydrogen-bond donors (Lipinski definition) is 1. The molecule has 0 saturated carbocycles. The maximum Gasteiger partial charge on any atom is 0.283 e. The van der Waals surface area contributed by atoms with Crippen molar-refractivity contribution in [2.75, 3.05) is 5.32 Å². The topological polar surface area (TPSA) is 55.2 Å². The Hall–Kier alpha value is -1.59. The van der Waals surface area contributed by atoms with Crippen molar-refractivity contribution in [1.29, 1.82) is 0 Å². The quantitative estimate of drug-likeness (QED) is 0.652. The fourth-order valence-corrected chi connectivity index (χ4v) is 2.33. The van der Waals surface area contributed by atoms with Crippen molar-refractivity contribution in [2.45, 2.75) is 6.54 Å². The van der Waals surface area contributed by atoms with Gasteiger partial charge in [0.1, 0.15) is 0 Å². The molecule has 0 unspecified atom stereocenters. The highest BCUT2D eigenvalue weighted by atomic mass is 79.9. The largest absolute Gasteiger partial charge is 0.381 e. The van der Waals surface area contributed by atoms with Gasteiger partial charge in [0.15, 0.2) is 0 Å². The molecule has 0 aromatic heterocycles. The van der Waals surface area contributed by atoms with Crippen LogP contribution in [0.3, 0.4) is 0 Å². The van der Waals surface area contributed by atoms with Crippen molar-refractivity contribution in [3.63, 3.8) is 0 Å². The smallest absolute Gasteiger partial charge is 0.283 e. The van der Waals surface area contributed by atoms with Gasteiger partial charge in [0.25, 0.3) is 5.69 Å². The first-order chi connectivity index (χ1) is 9.08. The van der Waals surface area contributed by atoms with E-state index in [9.17, 15) is 10.1 Å². The number of hydrogen-bond acceptors (Lipinski definition) is 3. The molecule has 0 saturated heterocycles. The lowest BCUT2D eigenvalue weighted by molar-refractivity contribution is -0.385. The van der Waals surface area contributed by atoms with E-state index in [1.807, 2.05) is 24.3 Å². The number of benzene rings is 2. The Kier molecular flexibility index (Phi) is 4.39. The van der Waals surface area contributed by atoms with E-state index < -0.39 is 4.92 Å². The predicted octanol–water partition coefficient (Wildman–Crippen LogP) is 4.62. The average molecular weight is 342 g/mol. The molecule has 98 valence electrons. The van der Waals surface area contributed by atoms with Gasteiger partial charge in [0.05, 0.1) is 9.40 Å². The molecule has 1 N–H and O–H groups in total. The van der Waals surface area contributed by atoms with Crippen LogP contribution in [0.2, 0.25) is 5.02 Å². The molecule has 0 bridgehead atoms. The molecule has 0 heterocycles. The number of anilines is 1. The Morgan fingerprint density at radius 1 is 1.26 bits per heavy atom. The highest BCUT2D eigenvalue weighted by Crippen LogP contribution is 2.28. The van der Waals surface area contributed by atoms with Gasteiger partial charge in [-0.15, -0.1) is 0 Å². The molecule has 19 heavy (non-hydrogen) atoms. The van der Waals surface area contributed by atoms with E-state index >= 15 is 0 Å². The van der Waals surface area contributed by atoms with Crippen molar-refractivity contribution in [3.8, 4) is 0 Å². The Bertz CT molecular complexity index is 619. The lowest BCUT2D eigenvalue weighted by Gasteiger charge is -2.08. The monoisotopic (exact) mass is 340 g/mol. The van der Waals surface area contributed by atoms with Crippen LogP contribution < -0.4 is 5.32 Å². The summed E-state index contributed by atoms with van der Waals surface area (Å²) in [4.78, 5) is 10.3. The minimum Gasteiger partial charge on any atom is -0.381 e. The van der Waals surface area contributed by atoms with Crippen molar-refractivity contribution < 1.29 is 4.92 Å². The summed E-state index contributed by atoms with van der Waals surface area (Å²) in [6.07, 6.45) is 0. The van der Waals surface area contributed by atoms with Crippen molar-refractivity contribution in [2.24, 2.45) is 0 Å². The molecule has 6 heteroatoms. The molecule has 0 radical (unpaired) electrons. The van der Waals surface area contributed by atoms with Gasteiger partial charge in [-0.1, -0.05) is 29.8 Å². The van der Waals surface area contributed by atoms with Crippen LogP contribution in [0.4, 0.5) is 11.4 Å². The normalized spacial score (nSPS) is 10.2. The number of halogens is 2. The van der Waals surface area contributed by atoms with Crippen LogP contribution >= 0.6 is 27.5 Å². The SMILES string of the molecule is O=[N+]([O-])c1ccc(NCc2ccccc2Cl)cc1Br. The van der Waals surface area contributed by atoms with Crippen molar-refractivity contribution in [1.82, 2.24) is 0 Å². The van der Waals surface area contributed by atoms with Crippen LogP contribution in [0.25, 0.3) is 0 Å². The zero-order valence-electron chi connectivity index (χ0n) is 9.77. The molecule has 0 aliphatic rings. The highest BCUT2D eigenvalue weighted by molar-refractivity contribution is 9.10. The average Bonchev–Trinajstić information content (AvgIpc) is 2.37. The summed E-state index contributed by atoms with van der Waals surface area (Å²) in [5.74, 6) is 0. The predicted molar refractivity (Wildman–Crippen MR) is 79.6 cm³/mol. The van der Waals surface area contributed by atoms with Gasteiger partial charge < -0.3 is 5.32 Å². The molecule has 0 aliphatic heterocycles. The van der Waals surface area contributed by atoms with Gasteiger partial charge in [-0.2, -0.15) is 0 Å². The fraction of sp³-hybridized carbons (Fsp3) is 0.0769. The van der Waals surface area contributed by atoms with Gasteiger partial charge in [0, 0.05) is 23.3 Å². The van der Waals surface area contributed by atoms with Crippen molar-refractivity contribution >= 4 is 38.9 Å². The number of rotatable bonds is 4. The minimum atomic E-state index is -0.429. The molecule has 2 aromatic carbocycles. The lowest BCUT2D eigenvalue weighted by atomic mass is 10.2. The first-order valence-electron chi connectivity index (χ1n) is 5.49. The van der Waals surface area contributed by atoms with E-state index in [1.165, 1.54) is 6.07 Å². The number of nitrogens with one attached hydrogen (secondary N) is 1. The van der Waals surface area contributed by atoms with Crippen LogP contribution in [-0.2, 0) is 6.54 Å². The van der Waals surface area contributed by atoms with Crippen LogP contribution in [0.15, 0.2) is 46.9 Å². The Morgan fingerprint density at radius 2 is 2.00 bits per heavy atom. The standard InChI is InChI=1S/C13H10BrClN2O2/c14-11-7-10(5-6-13(11)17(18)19)16-8-9-3-1-2-4-12(9)15/h1-7,16H,8H2. The summed E-state index contributed by atoms with van der Waals surface area (Å²) in [6, 6.07) is 12.3. The molecular weight excluding hydrogens is 332 g/mol. The summed E-state index contributed by atoms with van der Waals surface area (Å²) >= 11 is 9.23. The summed E-state index contributed by atoms with van der Waals surface area (Å²) in [5, 5.41) is 14.6. The van der Waals surface area contributed by atoms with Crippen LogP contribution in [0.1, 0.15) is 5.56 Å². The second-order valence-electron chi connectivity index (χ2n) is 3.87. The molecule has 0 aliphatic carbocycles. The Balaban J connectivity index is 2.11. The van der Waals surface area contributed by atoms with E-state index in [-0.39, 0.29) is 5.69 Å². The molecule has 0 fully saturated rings. The van der Waals surface area contributed by atoms with Crippen LogP contribution in [0, 0.1) is 10.1 Å². The maximum atomic E-state index is 10.7. The molecule has 2 aromatic rings. The van der Waals surface area contributed by atoms with Gasteiger partial charge in [-0.25, -0.2) is 0 Å². The van der Waals surface area contributed by atoms with Crippen LogP contribution in [0.5, 0.6) is 0 Å². The van der Waals surface area contributed by atoms with Gasteiger partial charge in [-0.3, -0.25) is 10.1 Å². The molecule has 2 rings (SSSR count). The van der Waals surface area contributed by atoms with Gasteiger partial charge in [-0.05, 0) is 39.7 Å². The van der Waals surface area contributed by atoms with Gasteiger partial charge >= 0.3 is 0 Å². The zero-order valence-corrected chi connectivity index (χ0v) is 12.1. The molecular formula is C13H10BrClN2O2. The molecule has 0 atom stereocenters. The number of nitro benzene ring substituents is 1. The Morgan fingerprint density at radius 3 is 2.63 bits per heavy atom. The second-order valence-corrected chi connectivity index (χ2v) is 5.13. The summed E-state index contributed by atoms with van der Waals surface area (Å²) in [6.45, 7) is 0.559. The summed E-state index contributed by atoms with van der Waals surface area (Å²) in [5.41, 5.74) is 1.80. The third-order valence-electron chi connectivity index (χ3n) is 2.59. The van der Waals surface area contributed by atoms with E-state index in [2.05, 4.69) is 21.2 Å². The maximum absolute atomic E-state index is 10.7. The highest BCUT2D eigenvalue weighted by Gasteiger charge is 2.11. The lowest BCUT2D eigenvalue weighted by Crippen LogP contribution is -2.00. The van der Waals surface area contributed by atoms with Crippen LogP contribution in [-0.4, -0.2) is 4.92 Å². The second kappa shape index (κ2) is 6.04. The van der Waals surface area contributed by atoms with E-state index in [0.717, 1.165) is 11.3 Å². The third-order valence-corrected chi connectivity index (χ3v) is 3.59. The summed E-state index contributed by atoms with van der Waals surface area (Å²) in [7, 11) is 0. The van der Waals surface area contributed by atoms with Gasteiger partial charge in [0.2, 0.25) is 0 Å². The number of nitrogens with zero attached hydrogens (tertiary/aromatic N) is 1. The Labute approximate surface area is 123 Å². The first kappa shape index (κ1) is 13.8. The molecule has 0 amide bonds. The van der Waals surface area contributed by atoms with E-state index in [0.29, 0.717) is 16.0 Å².